The second-order valence-corrected chi connectivity index (χ2v) is 4.86. The SMILES string of the molecule is Cc1cccc2c(N(C)CCC(C)O)ccnc12. The smallest absolute Gasteiger partial charge is 0.0751 e. The first-order valence-corrected chi connectivity index (χ1v) is 6.33. The summed E-state index contributed by atoms with van der Waals surface area (Å²) in [6.45, 7) is 4.74. The summed E-state index contributed by atoms with van der Waals surface area (Å²) in [5.41, 5.74) is 3.42. The molecular formula is C15H20N2O. The van der Waals surface area contributed by atoms with Gasteiger partial charge in [-0.05, 0) is 31.9 Å². The lowest BCUT2D eigenvalue weighted by Crippen LogP contribution is -2.22. The van der Waals surface area contributed by atoms with Gasteiger partial charge in [-0.15, -0.1) is 0 Å². The van der Waals surface area contributed by atoms with E-state index >= 15 is 0 Å². The number of nitrogens with zero attached hydrogens (tertiary/aromatic N) is 2. The van der Waals surface area contributed by atoms with E-state index in [4.69, 9.17) is 0 Å². The van der Waals surface area contributed by atoms with Crippen molar-refractivity contribution in [3.63, 3.8) is 0 Å². The highest BCUT2D eigenvalue weighted by Gasteiger charge is 2.08. The molecule has 1 unspecified atom stereocenters. The molecule has 18 heavy (non-hydrogen) atoms. The number of hydrogen-bond donors (Lipinski definition) is 1. The lowest BCUT2D eigenvalue weighted by atomic mass is 10.1. The Kier molecular flexibility index (Phi) is 3.82. The van der Waals surface area contributed by atoms with E-state index in [1.54, 1.807) is 0 Å². The Morgan fingerprint density at radius 1 is 1.33 bits per heavy atom. The maximum Gasteiger partial charge on any atom is 0.0751 e. The standard InChI is InChI=1S/C15H20N2O/c1-11-5-4-6-13-14(7-9-16-15(11)13)17(3)10-8-12(2)18/h4-7,9,12,18H,8,10H2,1-3H3. The largest absolute Gasteiger partial charge is 0.393 e. The fourth-order valence-electron chi connectivity index (χ4n) is 2.14. The molecule has 3 nitrogen and oxygen atoms in total. The van der Waals surface area contributed by atoms with Crippen molar-refractivity contribution >= 4 is 16.6 Å². The molecular weight excluding hydrogens is 224 g/mol. The van der Waals surface area contributed by atoms with Gasteiger partial charge in [0.15, 0.2) is 0 Å². The molecule has 1 aromatic heterocycles. The summed E-state index contributed by atoms with van der Waals surface area (Å²) in [5.74, 6) is 0. The van der Waals surface area contributed by atoms with E-state index in [2.05, 4.69) is 42.1 Å². The van der Waals surface area contributed by atoms with Gasteiger partial charge < -0.3 is 10.0 Å². The van der Waals surface area contributed by atoms with Crippen LogP contribution in [0.15, 0.2) is 30.5 Å². The van der Waals surface area contributed by atoms with Gasteiger partial charge in [0.25, 0.3) is 0 Å². The maximum atomic E-state index is 9.37. The molecule has 3 heteroatoms. The van der Waals surface area contributed by atoms with Crippen LogP contribution in [0.3, 0.4) is 0 Å². The van der Waals surface area contributed by atoms with Crippen molar-refractivity contribution in [2.75, 3.05) is 18.5 Å². The molecule has 0 saturated heterocycles. The van der Waals surface area contributed by atoms with Crippen LogP contribution in [0.5, 0.6) is 0 Å². The third-order valence-electron chi connectivity index (χ3n) is 3.24. The molecule has 2 aromatic rings. The predicted molar refractivity (Wildman–Crippen MR) is 76.0 cm³/mol. The lowest BCUT2D eigenvalue weighted by Gasteiger charge is -2.22. The van der Waals surface area contributed by atoms with E-state index in [0.29, 0.717) is 0 Å². The molecule has 0 saturated carbocycles. The number of aliphatic hydroxyl groups is 1. The molecule has 96 valence electrons. The first-order chi connectivity index (χ1) is 8.59. The summed E-state index contributed by atoms with van der Waals surface area (Å²) in [6, 6.07) is 8.27. The normalized spacial score (nSPS) is 12.7. The van der Waals surface area contributed by atoms with Crippen molar-refractivity contribution in [1.29, 1.82) is 0 Å². The Hall–Kier alpha value is -1.61. The minimum absolute atomic E-state index is 0.262. The number of fused-ring (bicyclic) bond motifs is 1. The van der Waals surface area contributed by atoms with Gasteiger partial charge in [-0.2, -0.15) is 0 Å². The fraction of sp³-hybridized carbons (Fsp3) is 0.400. The number of anilines is 1. The Bertz CT molecular complexity index is 537. The van der Waals surface area contributed by atoms with Crippen LogP contribution in [-0.2, 0) is 0 Å². The highest BCUT2D eigenvalue weighted by molar-refractivity contribution is 5.93. The van der Waals surface area contributed by atoms with Gasteiger partial charge in [-0.3, -0.25) is 4.98 Å². The molecule has 0 aliphatic carbocycles. The number of aliphatic hydroxyl groups excluding tert-OH is 1. The van der Waals surface area contributed by atoms with E-state index < -0.39 is 0 Å². The number of benzene rings is 1. The Morgan fingerprint density at radius 3 is 2.83 bits per heavy atom. The van der Waals surface area contributed by atoms with Crippen molar-refractivity contribution in [2.24, 2.45) is 0 Å². The number of para-hydroxylation sites is 1. The second-order valence-electron chi connectivity index (χ2n) is 4.86. The molecule has 0 fully saturated rings. The van der Waals surface area contributed by atoms with E-state index in [0.717, 1.165) is 18.5 Å². The predicted octanol–water partition coefficient (Wildman–Crippen LogP) is 2.75. The minimum Gasteiger partial charge on any atom is -0.393 e. The maximum absolute atomic E-state index is 9.37. The summed E-state index contributed by atoms with van der Waals surface area (Å²) >= 11 is 0. The molecule has 1 atom stereocenters. The average Bonchev–Trinajstić information content (AvgIpc) is 2.36. The fourth-order valence-corrected chi connectivity index (χ4v) is 2.14. The lowest BCUT2D eigenvalue weighted by molar-refractivity contribution is 0.187. The van der Waals surface area contributed by atoms with Crippen LogP contribution in [0.4, 0.5) is 5.69 Å². The molecule has 0 radical (unpaired) electrons. The first-order valence-electron chi connectivity index (χ1n) is 6.33. The quantitative estimate of drug-likeness (QED) is 0.898. The highest BCUT2D eigenvalue weighted by Crippen LogP contribution is 2.26. The van der Waals surface area contributed by atoms with Gasteiger partial charge in [0.05, 0.1) is 11.6 Å². The monoisotopic (exact) mass is 244 g/mol. The van der Waals surface area contributed by atoms with E-state index in [1.165, 1.54) is 16.6 Å². The first kappa shape index (κ1) is 12.8. The number of aryl methyl sites for hydroxylation is 1. The summed E-state index contributed by atoms with van der Waals surface area (Å²) in [5, 5.41) is 10.5. The minimum atomic E-state index is -0.262. The average molecular weight is 244 g/mol. The van der Waals surface area contributed by atoms with Crippen molar-refractivity contribution in [3.8, 4) is 0 Å². The molecule has 1 N–H and O–H groups in total. The molecule has 1 heterocycles. The Balaban J connectivity index is 2.36. The molecule has 0 aliphatic rings. The topological polar surface area (TPSA) is 36.4 Å². The van der Waals surface area contributed by atoms with Crippen LogP contribution in [0.1, 0.15) is 18.9 Å². The van der Waals surface area contributed by atoms with Crippen molar-refractivity contribution < 1.29 is 5.11 Å². The Morgan fingerprint density at radius 2 is 2.11 bits per heavy atom. The summed E-state index contributed by atoms with van der Waals surface area (Å²) in [4.78, 5) is 6.62. The molecule has 0 amide bonds. The van der Waals surface area contributed by atoms with E-state index in [1.807, 2.05) is 19.2 Å². The summed E-state index contributed by atoms with van der Waals surface area (Å²) in [7, 11) is 2.06. The van der Waals surface area contributed by atoms with Crippen LogP contribution in [0.25, 0.3) is 10.9 Å². The van der Waals surface area contributed by atoms with Crippen LogP contribution >= 0.6 is 0 Å². The third-order valence-corrected chi connectivity index (χ3v) is 3.24. The second kappa shape index (κ2) is 5.36. The van der Waals surface area contributed by atoms with Gasteiger partial charge in [-0.1, -0.05) is 18.2 Å². The van der Waals surface area contributed by atoms with Gasteiger partial charge in [0, 0.05) is 30.9 Å². The number of aromatic nitrogens is 1. The molecule has 0 bridgehead atoms. The van der Waals surface area contributed by atoms with Crippen LogP contribution in [0, 0.1) is 6.92 Å². The van der Waals surface area contributed by atoms with Crippen molar-refractivity contribution in [3.05, 3.63) is 36.0 Å². The van der Waals surface area contributed by atoms with Gasteiger partial charge in [0.2, 0.25) is 0 Å². The van der Waals surface area contributed by atoms with Crippen LogP contribution < -0.4 is 4.90 Å². The van der Waals surface area contributed by atoms with Gasteiger partial charge in [-0.25, -0.2) is 0 Å². The van der Waals surface area contributed by atoms with E-state index in [-0.39, 0.29) is 6.10 Å². The zero-order valence-corrected chi connectivity index (χ0v) is 11.2. The van der Waals surface area contributed by atoms with Crippen molar-refractivity contribution in [1.82, 2.24) is 4.98 Å². The third kappa shape index (κ3) is 2.62. The number of hydrogen-bond acceptors (Lipinski definition) is 3. The molecule has 0 aliphatic heterocycles. The molecule has 1 aromatic carbocycles. The van der Waals surface area contributed by atoms with E-state index in [9.17, 15) is 5.11 Å². The zero-order valence-electron chi connectivity index (χ0n) is 11.2. The van der Waals surface area contributed by atoms with Crippen molar-refractivity contribution in [2.45, 2.75) is 26.4 Å². The Labute approximate surface area is 108 Å². The van der Waals surface area contributed by atoms with Gasteiger partial charge >= 0.3 is 0 Å². The van der Waals surface area contributed by atoms with Crippen LogP contribution in [0.2, 0.25) is 0 Å². The zero-order chi connectivity index (χ0) is 13.1. The van der Waals surface area contributed by atoms with Gasteiger partial charge in [0.1, 0.15) is 0 Å². The molecule has 0 spiro atoms. The van der Waals surface area contributed by atoms with Crippen LogP contribution in [-0.4, -0.2) is 29.8 Å². The number of rotatable bonds is 4. The molecule has 2 rings (SSSR count). The summed E-state index contributed by atoms with van der Waals surface area (Å²) in [6.07, 6.45) is 2.36. The number of pyridine rings is 1. The highest BCUT2D eigenvalue weighted by atomic mass is 16.3. The summed E-state index contributed by atoms with van der Waals surface area (Å²) < 4.78 is 0.